The number of aromatic nitrogens is 1. The third kappa shape index (κ3) is 8.08. The Balaban J connectivity index is 2.19. The first-order chi connectivity index (χ1) is 16.0. The van der Waals surface area contributed by atoms with Crippen LogP contribution in [0.5, 0.6) is 11.5 Å². The van der Waals surface area contributed by atoms with Gasteiger partial charge in [0.05, 0.1) is 12.3 Å². The second-order valence-electron chi connectivity index (χ2n) is 7.88. The molecule has 0 bridgehead atoms. The Morgan fingerprint density at radius 2 is 1.73 bits per heavy atom. The summed E-state index contributed by atoms with van der Waals surface area (Å²) in [6, 6.07) is 10.7. The number of anilines is 1. The lowest BCUT2D eigenvalue weighted by Gasteiger charge is -2.19. The molecule has 0 radical (unpaired) electrons. The van der Waals surface area contributed by atoms with Crippen LogP contribution >= 0.6 is 0 Å². The summed E-state index contributed by atoms with van der Waals surface area (Å²) in [7, 11) is 1.69. The van der Waals surface area contributed by atoms with Crippen molar-refractivity contribution in [1.82, 2.24) is 10.3 Å². The monoisotopic (exact) mass is 455 g/mol. The molecule has 0 aliphatic heterocycles. The zero-order valence-electron chi connectivity index (χ0n) is 20.4. The van der Waals surface area contributed by atoms with Crippen molar-refractivity contribution < 1.29 is 19.1 Å². The van der Waals surface area contributed by atoms with Crippen LogP contribution in [0.25, 0.3) is 11.3 Å². The van der Waals surface area contributed by atoms with Crippen LogP contribution in [-0.2, 0) is 4.79 Å². The van der Waals surface area contributed by atoms with E-state index in [9.17, 15) is 9.59 Å². The average molecular weight is 456 g/mol. The van der Waals surface area contributed by atoms with Gasteiger partial charge in [0.1, 0.15) is 5.82 Å². The maximum atomic E-state index is 12.6. The summed E-state index contributed by atoms with van der Waals surface area (Å²) in [6.07, 6.45) is 6.70. The predicted octanol–water partition coefficient (Wildman–Crippen LogP) is 5.97. The van der Waals surface area contributed by atoms with Gasteiger partial charge in [0, 0.05) is 25.6 Å². The van der Waals surface area contributed by atoms with Gasteiger partial charge >= 0.3 is 12.0 Å². The van der Waals surface area contributed by atoms with Gasteiger partial charge < -0.3 is 14.8 Å². The smallest absolute Gasteiger partial charge is 0.322 e. The Kier molecular flexibility index (Phi) is 11.2. The lowest BCUT2D eigenvalue weighted by molar-refractivity contribution is -0.134. The number of nitrogens with zero attached hydrogens (tertiary/aromatic N) is 2. The van der Waals surface area contributed by atoms with E-state index in [0.29, 0.717) is 54.6 Å². The highest BCUT2D eigenvalue weighted by Gasteiger charge is 2.19. The molecule has 1 aromatic carbocycles. The van der Waals surface area contributed by atoms with Gasteiger partial charge in [-0.1, -0.05) is 51.7 Å². The number of carbonyl (C=O) groups excluding carboxylic acids is 2. The number of esters is 1. The molecule has 2 aromatic rings. The number of carbonyl (C=O) groups is 2. The molecule has 7 heteroatoms. The quantitative estimate of drug-likeness (QED) is 0.229. The number of unbranched alkanes of at least 4 members (excludes halogenated alkanes) is 4. The van der Waals surface area contributed by atoms with Gasteiger partial charge in [0.2, 0.25) is 0 Å². The minimum Gasteiger partial charge on any atom is -0.490 e. The standard InChI is InChI=1S/C26H37N3O4/c1-5-8-9-10-11-19-27-26(31)29(4)23-18-13-16-21(28-23)20-15-12-17-22(32-7-3)25(20)33-24(30)14-6-2/h12-13,15-18H,5-11,14,19H2,1-4H3,(H,27,31). The highest BCUT2D eigenvalue weighted by molar-refractivity contribution is 5.90. The largest absolute Gasteiger partial charge is 0.490 e. The second kappa shape index (κ2) is 14.1. The van der Waals surface area contributed by atoms with Gasteiger partial charge in [-0.05, 0) is 44.0 Å². The summed E-state index contributed by atoms with van der Waals surface area (Å²) in [4.78, 5) is 31.0. The van der Waals surface area contributed by atoms with Crippen molar-refractivity contribution in [3.05, 3.63) is 36.4 Å². The van der Waals surface area contributed by atoms with Crippen LogP contribution in [-0.4, -0.2) is 37.2 Å². The summed E-state index contributed by atoms with van der Waals surface area (Å²) in [5, 5.41) is 2.95. The molecule has 0 fully saturated rings. The Hall–Kier alpha value is -3.09. The SMILES string of the molecule is CCCCCCCNC(=O)N(C)c1cccc(-c2cccc(OCC)c2OC(=O)CCC)n1. The number of pyridine rings is 1. The molecule has 1 aromatic heterocycles. The van der Waals surface area contributed by atoms with E-state index in [1.807, 2.05) is 38.1 Å². The van der Waals surface area contributed by atoms with E-state index in [-0.39, 0.29) is 12.0 Å². The molecule has 0 unspecified atom stereocenters. The van der Waals surface area contributed by atoms with Crippen molar-refractivity contribution in [2.75, 3.05) is 25.1 Å². The fourth-order valence-electron chi connectivity index (χ4n) is 3.37. The van der Waals surface area contributed by atoms with E-state index in [2.05, 4.69) is 17.2 Å². The molecular weight excluding hydrogens is 418 g/mol. The van der Waals surface area contributed by atoms with Crippen LogP contribution in [0.3, 0.4) is 0 Å². The van der Waals surface area contributed by atoms with E-state index in [4.69, 9.17) is 9.47 Å². The Labute approximate surface area is 197 Å². The topological polar surface area (TPSA) is 80.8 Å². The van der Waals surface area contributed by atoms with Crippen molar-refractivity contribution in [3.8, 4) is 22.8 Å². The van der Waals surface area contributed by atoms with Crippen LogP contribution in [0.15, 0.2) is 36.4 Å². The minimum atomic E-state index is -0.322. The van der Waals surface area contributed by atoms with Crippen molar-refractivity contribution in [2.24, 2.45) is 0 Å². The fraction of sp³-hybridized carbons (Fsp3) is 0.500. The molecule has 2 rings (SSSR count). The molecule has 1 heterocycles. The molecule has 0 saturated heterocycles. The first-order valence-corrected chi connectivity index (χ1v) is 12.0. The zero-order valence-corrected chi connectivity index (χ0v) is 20.4. The first-order valence-electron chi connectivity index (χ1n) is 12.0. The van der Waals surface area contributed by atoms with E-state index in [1.165, 1.54) is 24.2 Å². The van der Waals surface area contributed by atoms with Crippen LogP contribution in [0.2, 0.25) is 0 Å². The molecule has 0 atom stereocenters. The molecular formula is C26H37N3O4. The van der Waals surface area contributed by atoms with Crippen LogP contribution in [0, 0.1) is 0 Å². The third-order valence-electron chi connectivity index (χ3n) is 5.16. The Morgan fingerprint density at radius 1 is 0.970 bits per heavy atom. The lowest BCUT2D eigenvalue weighted by Crippen LogP contribution is -2.38. The number of amides is 2. The van der Waals surface area contributed by atoms with Gasteiger partial charge in [0.25, 0.3) is 0 Å². The fourth-order valence-corrected chi connectivity index (χ4v) is 3.37. The van der Waals surface area contributed by atoms with Gasteiger partial charge in [-0.25, -0.2) is 9.78 Å². The normalized spacial score (nSPS) is 10.5. The van der Waals surface area contributed by atoms with E-state index >= 15 is 0 Å². The van der Waals surface area contributed by atoms with E-state index < -0.39 is 0 Å². The number of rotatable bonds is 13. The van der Waals surface area contributed by atoms with Gasteiger partial charge in [-0.15, -0.1) is 0 Å². The Morgan fingerprint density at radius 3 is 2.45 bits per heavy atom. The molecule has 180 valence electrons. The lowest BCUT2D eigenvalue weighted by atomic mass is 10.1. The molecule has 33 heavy (non-hydrogen) atoms. The number of nitrogens with one attached hydrogen (secondary N) is 1. The second-order valence-corrected chi connectivity index (χ2v) is 7.88. The summed E-state index contributed by atoms with van der Waals surface area (Å²) < 4.78 is 11.4. The number of hydrogen-bond acceptors (Lipinski definition) is 5. The summed E-state index contributed by atoms with van der Waals surface area (Å²) in [5.74, 6) is 1.02. The van der Waals surface area contributed by atoms with E-state index in [1.54, 1.807) is 19.2 Å². The maximum Gasteiger partial charge on any atom is 0.322 e. The maximum absolute atomic E-state index is 12.6. The average Bonchev–Trinajstić information content (AvgIpc) is 2.82. The molecule has 2 amide bonds. The van der Waals surface area contributed by atoms with Crippen LogP contribution in [0.1, 0.15) is 65.7 Å². The summed E-state index contributed by atoms with van der Waals surface area (Å²) in [5.41, 5.74) is 1.23. The van der Waals surface area contributed by atoms with Crippen LogP contribution in [0.4, 0.5) is 10.6 Å². The van der Waals surface area contributed by atoms with Crippen molar-refractivity contribution in [1.29, 1.82) is 0 Å². The minimum absolute atomic E-state index is 0.201. The molecule has 0 aliphatic rings. The summed E-state index contributed by atoms with van der Waals surface area (Å²) >= 11 is 0. The summed E-state index contributed by atoms with van der Waals surface area (Å²) in [6.45, 7) is 7.06. The highest BCUT2D eigenvalue weighted by atomic mass is 16.6. The van der Waals surface area contributed by atoms with Gasteiger partial charge in [-0.2, -0.15) is 0 Å². The number of urea groups is 1. The molecule has 0 aliphatic carbocycles. The number of benzene rings is 1. The van der Waals surface area contributed by atoms with Crippen LogP contribution < -0.4 is 19.7 Å². The first kappa shape index (κ1) is 26.2. The molecule has 0 saturated carbocycles. The molecule has 7 nitrogen and oxygen atoms in total. The predicted molar refractivity (Wildman–Crippen MR) is 132 cm³/mol. The molecule has 0 spiro atoms. The van der Waals surface area contributed by atoms with Crippen molar-refractivity contribution in [2.45, 2.75) is 65.7 Å². The zero-order chi connectivity index (χ0) is 24.1. The van der Waals surface area contributed by atoms with E-state index in [0.717, 1.165) is 12.8 Å². The van der Waals surface area contributed by atoms with Gasteiger partial charge in [0.15, 0.2) is 11.5 Å². The van der Waals surface area contributed by atoms with Crippen molar-refractivity contribution in [3.63, 3.8) is 0 Å². The third-order valence-corrected chi connectivity index (χ3v) is 5.16. The number of ether oxygens (including phenoxy) is 2. The highest BCUT2D eigenvalue weighted by Crippen LogP contribution is 2.38. The molecule has 1 N–H and O–H groups in total. The number of para-hydroxylation sites is 1. The number of hydrogen-bond donors (Lipinski definition) is 1. The van der Waals surface area contributed by atoms with Gasteiger partial charge in [-0.3, -0.25) is 9.69 Å². The van der Waals surface area contributed by atoms with Crippen molar-refractivity contribution >= 4 is 17.8 Å². The Bertz CT molecular complexity index is 901.